The Hall–Kier alpha value is -4.43. The average Bonchev–Trinajstić information content (AvgIpc) is 3.54. The molecular weight excluding hydrogens is 598 g/mol. The van der Waals surface area contributed by atoms with Crippen molar-refractivity contribution in [1.82, 2.24) is 0 Å². The van der Waals surface area contributed by atoms with Crippen molar-refractivity contribution in [3.8, 4) is 11.5 Å². The summed E-state index contributed by atoms with van der Waals surface area (Å²) in [6, 6.07) is 36.0. The maximum atomic E-state index is 13.8. The van der Waals surface area contributed by atoms with Crippen molar-refractivity contribution in [1.29, 1.82) is 0 Å². The molecule has 6 aromatic rings. The number of allylic oxidation sites excluding steroid dienone is 1. The summed E-state index contributed by atoms with van der Waals surface area (Å²) in [4.78, 5) is 29.9. The van der Waals surface area contributed by atoms with Gasteiger partial charge in [-0.3, -0.25) is 0 Å². The number of para-hydroxylation sites is 4. The standard InChI is InChI=1S/C34H19NO3Te/c36-33-25(34(37)32-24-12-4-2-10-22(24)21-9-1-3-11-23(21)31(32)33)19-20-17-18-30(39-20)35-26-13-5-7-15-28(26)38-29-16-8-6-14-27(29)35/h1-19H. The second kappa shape index (κ2) is 8.54. The monoisotopic (exact) mass is 619 g/mol. The molecule has 0 N–H and O–H groups in total. The Morgan fingerprint density at radius 3 is 1.62 bits per heavy atom. The summed E-state index contributed by atoms with van der Waals surface area (Å²) >= 11 is -0.887. The summed E-state index contributed by atoms with van der Waals surface area (Å²) in [5.41, 5.74) is 3.31. The van der Waals surface area contributed by atoms with Crippen LogP contribution >= 0.6 is 0 Å². The molecule has 0 unspecified atom stereocenters. The topological polar surface area (TPSA) is 46.6 Å². The zero-order valence-electron chi connectivity index (χ0n) is 20.5. The number of benzene rings is 5. The van der Waals surface area contributed by atoms with E-state index in [4.69, 9.17) is 4.74 Å². The van der Waals surface area contributed by atoms with Gasteiger partial charge in [-0.2, -0.15) is 0 Å². The van der Waals surface area contributed by atoms with E-state index in [0.717, 1.165) is 48.0 Å². The third-order valence-corrected chi connectivity index (χ3v) is 10.3. The van der Waals surface area contributed by atoms with E-state index in [0.29, 0.717) is 11.1 Å². The van der Waals surface area contributed by atoms with E-state index in [2.05, 4.69) is 29.2 Å². The van der Waals surface area contributed by atoms with Crippen molar-refractivity contribution in [3.05, 3.63) is 129 Å². The van der Waals surface area contributed by atoms with Crippen LogP contribution in [0.25, 0.3) is 27.6 Å². The van der Waals surface area contributed by atoms with E-state index in [9.17, 15) is 9.59 Å². The van der Waals surface area contributed by atoms with Crippen LogP contribution in [0.3, 0.4) is 0 Å². The third kappa shape index (κ3) is 3.31. The number of nitrogens with zero attached hydrogens (tertiary/aromatic N) is 1. The molecule has 5 aromatic carbocycles. The van der Waals surface area contributed by atoms with Gasteiger partial charge >= 0.3 is 235 Å². The van der Waals surface area contributed by atoms with Gasteiger partial charge < -0.3 is 0 Å². The minimum atomic E-state index is -0.887. The molecule has 4 nitrogen and oxygen atoms in total. The second-order valence-electron chi connectivity index (χ2n) is 9.61. The number of carbonyl (C=O) groups is 2. The predicted octanol–water partition coefficient (Wildman–Crippen LogP) is 8.09. The number of hydrogen-bond donors (Lipinski definition) is 0. The van der Waals surface area contributed by atoms with Gasteiger partial charge in [0.25, 0.3) is 0 Å². The normalized spacial score (nSPS) is 13.8. The fourth-order valence-electron chi connectivity index (χ4n) is 5.74. The van der Waals surface area contributed by atoms with Crippen LogP contribution in [-0.4, -0.2) is 32.0 Å². The van der Waals surface area contributed by atoms with Gasteiger partial charge in [0, 0.05) is 0 Å². The van der Waals surface area contributed by atoms with Gasteiger partial charge in [0.05, 0.1) is 0 Å². The number of fused-ring (bicyclic) bond motifs is 8. The Morgan fingerprint density at radius 2 is 1.05 bits per heavy atom. The number of ketones is 2. The first-order chi connectivity index (χ1) is 19.2. The molecule has 8 rings (SSSR count). The van der Waals surface area contributed by atoms with Gasteiger partial charge in [0.2, 0.25) is 0 Å². The van der Waals surface area contributed by atoms with E-state index < -0.39 is 20.4 Å². The quantitative estimate of drug-likeness (QED) is 0.0852. The maximum absolute atomic E-state index is 13.8. The van der Waals surface area contributed by atoms with Crippen LogP contribution in [0.2, 0.25) is 0 Å². The summed E-state index contributed by atoms with van der Waals surface area (Å²) < 4.78 is 8.40. The number of Topliss-reactive ketones (excluding diaryl/α,β-unsaturated/α-hetero) is 2. The molecule has 0 amide bonds. The Morgan fingerprint density at radius 1 is 0.564 bits per heavy atom. The number of anilines is 3. The van der Waals surface area contributed by atoms with Crippen LogP contribution in [-0.2, 0) is 0 Å². The minimum absolute atomic E-state index is 0.180. The zero-order valence-corrected chi connectivity index (χ0v) is 22.9. The Balaban J connectivity index is 1.26. The van der Waals surface area contributed by atoms with Crippen LogP contribution in [0.5, 0.6) is 11.5 Å². The Labute approximate surface area is 234 Å². The number of ether oxygens (including phenoxy) is 1. The third-order valence-electron chi connectivity index (χ3n) is 7.43. The second-order valence-corrected chi connectivity index (χ2v) is 12.7. The molecule has 1 aliphatic heterocycles. The molecule has 0 fully saturated rings. The van der Waals surface area contributed by atoms with Gasteiger partial charge in [0.1, 0.15) is 0 Å². The van der Waals surface area contributed by atoms with E-state index in [-0.39, 0.29) is 17.1 Å². The van der Waals surface area contributed by atoms with Crippen molar-refractivity contribution in [2.45, 2.75) is 0 Å². The fraction of sp³-hybridized carbons (Fsp3) is 0. The molecule has 0 saturated carbocycles. The number of rotatable bonds is 2. The summed E-state index contributed by atoms with van der Waals surface area (Å²) in [6.07, 6.45) is 1.85. The van der Waals surface area contributed by atoms with Crippen molar-refractivity contribution in [2.75, 3.05) is 4.90 Å². The van der Waals surface area contributed by atoms with Crippen LogP contribution < -0.4 is 9.64 Å². The molecule has 2 heterocycles. The van der Waals surface area contributed by atoms with E-state index in [1.165, 1.54) is 3.70 Å². The van der Waals surface area contributed by atoms with E-state index in [1.54, 1.807) is 0 Å². The summed E-state index contributed by atoms with van der Waals surface area (Å²) in [5.74, 6) is 1.26. The van der Waals surface area contributed by atoms with Gasteiger partial charge in [-0.15, -0.1) is 0 Å². The molecule has 1 aliphatic carbocycles. The van der Waals surface area contributed by atoms with Crippen LogP contribution in [0.4, 0.5) is 15.1 Å². The van der Waals surface area contributed by atoms with E-state index >= 15 is 0 Å². The number of carbonyl (C=O) groups excluding carboxylic acids is 2. The first-order valence-electron chi connectivity index (χ1n) is 12.7. The first-order valence-corrected chi connectivity index (χ1v) is 15.0. The fourth-order valence-corrected chi connectivity index (χ4v) is 8.53. The molecule has 5 heteroatoms. The van der Waals surface area contributed by atoms with Crippen molar-refractivity contribution >= 4 is 74.7 Å². The SMILES string of the molecule is O=C1C(=Cc2ccc(N3c4ccccc4Oc4ccccc43)[te]2)C(=O)c2c1c1ccccc1c1ccccc21. The molecule has 2 aliphatic rings. The molecule has 0 bridgehead atoms. The van der Waals surface area contributed by atoms with Crippen LogP contribution in [0.15, 0.2) is 115 Å². The molecular formula is C34H19NO3Te. The van der Waals surface area contributed by atoms with E-state index in [1.807, 2.05) is 91.0 Å². The van der Waals surface area contributed by atoms with Gasteiger partial charge in [-0.1, -0.05) is 0 Å². The van der Waals surface area contributed by atoms with Crippen LogP contribution in [0.1, 0.15) is 24.3 Å². The summed E-state index contributed by atoms with van der Waals surface area (Å²) in [6.45, 7) is 0. The summed E-state index contributed by atoms with van der Waals surface area (Å²) in [5, 5.41) is 3.67. The van der Waals surface area contributed by atoms with Crippen LogP contribution in [0, 0.1) is 0 Å². The molecule has 0 saturated heterocycles. The predicted molar refractivity (Wildman–Crippen MR) is 156 cm³/mol. The Bertz CT molecular complexity index is 1930. The molecule has 0 radical (unpaired) electrons. The average molecular weight is 617 g/mol. The van der Waals surface area contributed by atoms with Crippen molar-refractivity contribution < 1.29 is 14.3 Å². The van der Waals surface area contributed by atoms with Crippen molar-refractivity contribution in [3.63, 3.8) is 0 Å². The molecule has 184 valence electrons. The first kappa shape index (κ1) is 22.5. The van der Waals surface area contributed by atoms with Gasteiger partial charge in [0.15, 0.2) is 0 Å². The van der Waals surface area contributed by atoms with Gasteiger partial charge in [-0.25, -0.2) is 0 Å². The molecule has 39 heavy (non-hydrogen) atoms. The summed E-state index contributed by atoms with van der Waals surface area (Å²) in [7, 11) is 0. The molecule has 0 atom stereocenters. The zero-order chi connectivity index (χ0) is 26.1. The Kier molecular flexibility index (Phi) is 4.94. The van der Waals surface area contributed by atoms with Crippen molar-refractivity contribution in [2.24, 2.45) is 0 Å². The van der Waals surface area contributed by atoms with Gasteiger partial charge in [-0.05, 0) is 0 Å². The molecule has 0 spiro atoms. The number of hydrogen-bond acceptors (Lipinski definition) is 4. The molecule has 1 aromatic heterocycles.